The van der Waals surface area contributed by atoms with Crippen LogP contribution in [0.25, 0.3) is 0 Å². The number of carboxylic acid groups (broad SMARTS) is 1. The molecule has 5 N–H and O–H groups in total. The van der Waals surface area contributed by atoms with Crippen LogP contribution in [0.2, 0.25) is 0 Å². The average Bonchev–Trinajstić information content (AvgIpc) is 3.43. The molecule has 2 heterocycles. The highest BCUT2D eigenvalue weighted by Crippen LogP contribution is 2.75. The number of hydrogen-bond acceptors (Lipinski definition) is 8. The quantitative estimate of drug-likeness (QED) is 0.281. The van der Waals surface area contributed by atoms with Crippen molar-refractivity contribution in [3.05, 3.63) is 11.6 Å². The summed E-state index contributed by atoms with van der Waals surface area (Å²) in [7, 11) is 0. The summed E-state index contributed by atoms with van der Waals surface area (Å²) in [5.41, 5.74) is 12.9. The van der Waals surface area contributed by atoms with Gasteiger partial charge in [-0.05, 0) is 96.5 Å². The Kier molecular flexibility index (Phi) is 8.52. The van der Waals surface area contributed by atoms with E-state index in [2.05, 4.69) is 90.7 Å². The number of tetrazole rings is 1. The van der Waals surface area contributed by atoms with Crippen LogP contribution in [0.1, 0.15) is 114 Å². The van der Waals surface area contributed by atoms with E-state index >= 15 is 0 Å². The number of rotatable bonds is 8. The SMILES string of the molecule is CC(C)C(N)C(C)O[C@H]1[C@@H](n2nnc(N)n2)C[C@@]23COC[C@@]1(C)[C@@H]2CC[C@H]1C3=CC[C@@]2(C)[C@H](C(=O)O)[C@@](C)([C@H](C)C(C)C)CC[C@]12C. The fourth-order valence-corrected chi connectivity index (χ4v) is 12.3. The van der Waals surface area contributed by atoms with Crippen LogP contribution in [-0.2, 0) is 14.3 Å². The molecule has 3 saturated carbocycles. The normalized spacial score (nSPS) is 45.0. The molecule has 1 saturated heterocycles. The van der Waals surface area contributed by atoms with Gasteiger partial charge >= 0.3 is 5.97 Å². The Labute approximate surface area is 282 Å². The second-order valence-electron chi connectivity index (χ2n) is 18.2. The van der Waals surface area contributed by atoms with Crippen molar-refractivity contribution < 1.29 is 19.4 Å². The van der Waals surface area contributed by atoms with Crippen LogP contribution < -0.4 is 11.5 Å². The molecule has 264 valence electrons. The molecule has 2 bridgehead atoms. The Bertz CT molecular complexity index is 1400. The summed E-state index contributed by atoms with van der Waals surface area (Å²) in [5, 5.41) is 24.1. The van der Waals surface area contributed by atoms with Gasteiger partial charge < -0.3 is 26.0 Å². The second-order valence-corrected chi connectivity index (χ2v) is 18.2. The van der Waals surface area contributed by atoms with E-state index in [9.17, 15) is 9.90 Å². The Morgan fingerprint density at radius 3 is 2.34 bits per heavy atom. The maximum Gasteiger partial charge on any atom is 0.307 e. The number of hydrogen-bond donors (Lipinski definition) is 3. The maximum absolute atomic E-state index is 13.4. The average molecular weight is 655 g/mol. The molecule has 0 aromatic carbocycles. The number of fused-ring (bicyclic) bond motifs is 3. The fourth-order valence-electron chi connectivity index (χ4n) is 12.3. The third-order valence-electron chi connectivity index (χ3n) is 15.5. The molecular formula is C37H62N6O4. The lowest BCUT2D eigenvalue weighted by Crippen LogP contribution is -2.69. The topological polar surface area (TPSA) is 151 Å². The highest BCUT2D eigenvalue weighted by atomic mass is 16.5. The van der Waals surface area contributed by atoms with Gasteiger partial charge in [-0.3, -0.25) is 4.79 Å². The number of carbonyl (C=O) groups is 1. The molecular weight excluding hydrogens is 592 g/mol. The van der Waals surface area contributed by atoms with Gasteiger partial charge in [-0.25, -0.2) is 0 Å². The number of nitrogens with zero attached hydrogens (tertiary/aromatic N) is 4. The minimum atomic E-state index is -0.632. The number of anilines is 1. The first-order chi connectivity index (χ1) is 21.9. The van der Waals surface area contributed by atoms with Crippen LogP contribution in [0.4, 0.5) is 5.95 Å². The first kappa shape index (κ1) is 34.8. The summed E-state index contributed by atoms with van der Waals surface area (Å²) >= 11 is 0. The highest BCUT2D eigenvalue weighted by Gasteiger charge is 2.72. The molecule has 10 heteroatoms. The number of carboxylic acids is 1. The van der Waals surface area contributed by atoms with Gasteiger partial charge in [0.05, 0.1) is 31.3 Å². The number of allylic oxidation sites excluding steroid dienone is 1. The molecule has 1 aromatic rings. The molecule has 2 unspecified atom stereocenters. The van der Waals surface area contributed by atoms with Gasteiger partial charge in [-0.2, -0.15) is 4.80 Å². The molecule has 0 radical (unpaired) electrons. The Morgan fingerprint density at radius 1 is 1.04 bits per heavy atom. The van der Waals surface area contributed by atoms with Gasteiger partial charge in [0.1, 0.15) is 6.04 Å². The van der Waals surface area contributed by atoms with E-state index in [0.29, 0.717) is 31.0 Å². The minimum absolute atomic E-state index is 0.115. The van der Waals surface area contributed by atoms with Crippen molar-refractivity contribution in [2.75, 3.05) is 18.9 Å². The van der Waals surface area contributed by atoms with Crippen LogP contribution in [0, 0.1) is 62.6 Å². The fraction of sp³-hybridized carbons (Fsp3) is 0.892. The summed E-state index contributed by atoms with van der Waals surface area (Å²) in [6.45, 7) is 23.7. The molecule has 4 aliphatic carbocycles. The summed E-state index contributed by atoms with van der Waals surface area (Å²) in [4.78, 5) is 15.1. The van der Waals surface area contributed by atoms with Gasteiger partial charge in [0.15, 0.2) is 0 Å². The zero-order valence-corrected chi connectivity index (χ0v) is 30.6. The largest absolute Gasteiger partial charge is 0.481 e. The van der Waals surface area contributed by atoms with E-state index < -0.39 is 11.9 Å². The van der Waals surface area contributed by atoms with Crippen molar-refractivity contribution in [3.8, 4) is 0 Å². The van der Waals surface area contributed by atoms with Crippen molar-refractivity contribution in [3.63, 3.8) is 0 Å². The molecule has 0 amide bonds. The lowest BCUT2D eigenvalue weighted by Gasteiger charge is -2.71. The van der Waals surface area contributed by atoms with Crippen LogP contribution in [-0.4, -0.2) is 62.7 Å². The zero-order valence-electron chi connectivity index (χ0n) is 30.6. The summed E-state index contributed by atoms with van der Waals surface area (Å²) in [5.74, 6) is 0.729. The third kappa shape index (κ3) is 4.80. The number of aliphatic carboxylic acids is 1. The molecule has 13 atom stereocenters. The summed E-state index contributed by atoms with van der Waals surface area (Å²) < 4.78 is 13.7. The van der Waals surface area contributed by atoms with E-state index in [0.717, 1.165) is 38.5 Å². The third-order valence-corrected chi connectivity index (χ3v) is 15.5. The molecule has 6 rings (SSSR count). The summed E-state index contributed by atoms with van der Waals surface area (Å²) in [6.07, 6.45) is 7.66. The second kappa shape index (κ2) is 11.5. The summed E-state index contributed by atoms with van der Waals surface area (Å²) in [6, 6.07) is -0.308. The van der Waals surface area contributed by atoms with Crippen molar-refractivity contribution in [1.82, 2.24) is 20.2 Å². The molecule has 4 fully saturated rings. The highest BCUT2D eigenvalue weighted by molar-refractivity contribution is 5.73. The van der Waals surface area contributed by atoms with E-state index in [-0.39, 0.29) is 69.2 Å². The number of aromatic nitrogens is 4. The molecule has 5 aliphatic rings. The monoisotopic (exact) mass is 654 g/mol. The predicted molar refractivity (Wildman–Crippen MR) is 182 cm³/mol. The maximum atomic E-state index is 13.4. The molecule has 10 nitrogen and oxygen atoms in total. The first-order valence-electron chi connectivity index (χ1n) is 18.3. The van der Waals surface area contributed by atoms with Gasteiger partial charge in [0.2, 0.25) is 0 Å². The van der Waals surface area contributed by atoms with Crippen LogP contribution in [0.3, 0.4) is 0 Å². The van der Waals surface area contributed by atoms with Gasteiger partial charge in [0, 0.05) is 16.9 Å². The number of nitrogen functional groups attached to an aromatic ring is 1. The Morgan fingerprint density at radius 2 is 1.74 bits per heavy atom. The van der Waals surface area contributed by atoms with Crippen molar-refractivity contribution in [2.45, 2.75) is 132 Å². The van der Waals surface area contributed by atoms with Crippen LogP contribution >= 0.6 is 0 Å². The van der Waals surface area contributed by atoms with E-state index in [1.54, 1.807) is 4.80 Å². The standard InChI is InChI=1S/C37H62N6O4/c1-20(2)22(5)33(7)15-16-35(9)24-11-12-27-34(8)18-46-19-37(27,25(24)13-14-36(35,10)29(33)31(44)45)17-26(43-41-32(39)40-42-43)30(34)47-23(6)28(38)21(3)4/h13,20-24,26-30H,11-12,14-19,38H2,1-10H3,(H2,39,41)(H,44,45)/t22-,23?,24+,26+,27+,28?,29-,30+,33-,34+,35-,36+,37+/m1/s1. The predicted octanol–water partition coefficient (Wildman–Crippen LogP) is 6.14. The molecule has 1 aromatic heterocycles. The van der Waals surface area contributed by atoms with Crippen molar-refractivity contribution in [1.29, 1.82) is 0 Å². The number of ether oxygens (including phenoxy) is 2. The lowest BCUT2D eigenvalue weighted by atomic mass is 9.34. The van der Waals surface area contributed by atoms with E-state index in [4.69, 9.17) is 20.9 Å². The Balaban J connectivity index is 1.45. The lowest BCUT2D eigenvalue weighted by molar-refractivity contribution is -0.259. The van der Waals surface area contributed by atoms with Crippen molar-refractivity contribution >= 4 is 11.9 Å². The van der Waals surface area contributed by atoms with E-state index in [1.165, 1.54) is 5.57 Å². The van der Waals surface area contributed by atoms with Crippen LogP contribution in [0.15, 0.2) is 11.6 Å². The molecule has 0 spiro atoms. The first-order valence-corrected chi connectivity index (χ1v) is 18.3. The smallest absolute Gasteiger partial charge is 0.307 e. The molecule has 47 heavy (non-hydrogen) atoms. The van der Waals surface area contributed by atoms with Crippen LogP contribution in [0.5, 0.6) is 0 Å². The number of nitrogens with two attached hydrogens (primary N) is 2. The van der Waals surface area contributed by atoms with Gasteiger partial charge in [-0.1, -0.05) is 79.1 Å². The van der Waals surface area contributed by atoms with Gasteiger partial charge in [-0.15, -0.1) is 5.10 Å². The van der Waals surface area contributed by atoms with E-state index in [1.807, 2.05) is 0 Å². The minimum Gasteiger partial charge on any atom is -0.481 e. The van der Waals surface area contributed by atoms with Gasteiger partial charge in [0.25, 0.3) is 5.95 Å². The zero-order chi connectivity index (χ0) is 34.5. The molecule has 1 aliphatic heterocycles. The van der Waals surface area contributed by atoms with Crippen molar-refractivity contribution in [2.24, 2.45) is 68.3 Å². The Hall–Kier alpha value is -2.04.